The molecule has 0 radical (unpaired) electrons. The summed E-state index contributed by atoms with van der Waals surface area (Å²) in [6.45, 7) is 3.91. The van der Waals surface area contributed by atoms with E-state index in [-0.39, 0.29) is 29.5 Å². The number of phenols is 1. The van der Waals surface area contributed by atoms with Crippen molar-refractivity contribution < 1.29 is 14.6 Å². The standard InChI is InChI=1S/C31H28N2O4/c1-4-37-31(36)26-18-23-24(28(21-13-6-5-7-14-21)22-15-9-11-17-27(22)34)19-32(3)30(35)29(23)33(26)25-16-10-8-12-20(25)2/h5-19,28,34H,4H2,1-3H3. The Bertz CT molecular complexity index is 1660. The predicted octanol–water partition coefficient (Wildman–Crippen LogP) is 5.70. The number of benzene rings is 3. The van der Waals surface area contributed by atoms with Crippen molar-refractivity contribution in [3.63, 3.8) is 0 Å². The van der Waals surface area contributed by atoms with E-state index in [4.69, 9.17) is 4.74 Å². The van der Waals surface area contributed by atoms with Gasteiger partial charge in [-0.1, -0.05) is 66.7 Å². The lowest BCUT2D eigenvalue weighted by molar-refractivity contribution is 0.0517. The number of pyridine rings is 1. The highest BCUT2D eigenvalue weighted by molar-refractivity contribution is 5.98. The largest absolute Gasteiger partial charge is 0.508 e. The zero-order chi connectivity index (χ0) is 26.1. The zero-order valence-corrected chi connectivity index (χ0v) is 21.0. The maximum atomic E-state index is 13.7. The SMILES string of the molecule is CCOC(=O)c1cc2c(C(c3ccccc3)c3ccccc3O)cn(C)c(=O)c2n1-c1ccccc1C. The van der Waals surface area contributed by atoms with E-state index in [1.807, 2.05) is 73.7 Å². The van der Waals surface area contributed by atoms with E-state index in [0.29, 0.717) is 16.5 Å². The Balaban J connectivity index is 1.93. The van der Waals surface area contributed by atoms with Crippen molar-refractivity contribution in [3.8, 4) is 11.4 Å². The molecule has 0 spiro atoms. The number of aromatic hydroxyl groups is 1. The number of aryl methyl sites for hydroxylation is 2. The maximum Gasteiger partial charge on any atom is 0.355 e. The van der Waals surface area contributed by atoms with Crippen molar-refractivity contribution in [3.05, 3.63) is 129 Å². The molecule has 1 unspecified atom stereocenters. The van der Waals surface area contributed by atoms with Crippen LogP contribution in [0.25, 0.3) is 16.6 Å². The fourth-order valence-corrected chi connectivity index (χ4v) is 5.00. The van der Waals surface area contributed by atoms with Crippen LogP contribution in [0.1, 0.15) is 45.6 Å². The molecule has 1 N–H and O–H groups in total. The van der Waals surface area contributed by atoms with Gasteiger partial charge >= 0.3 is 5.97 Å². The Morgan fingerprint density at radius 2 is 1.62 bits per heavy atom. The Kier molecular flexibility index (Phi) is 6.40. The molecule has 5 rings (SSSR count). The van der Waals surface area contributed by atoms with E-state index in [2.05, 4.69) is 0 Å². The molecule has 2 heterocycles. The Hall–Kier alpha value is -4.58. The number of fused-ring (bicyclic) bond motifs is 1. The molecule has 2 aromatic heterocycles. The number of hydrogen-bond donors (Lipinski definition) is 1. The Morgan fingerprint density at radius 1 is 0.946 bits per heavy atom. The number of aromatic nitrogens is 2. The van der Waals surface area contributed by atoms with Gasteiger partial charge in [-0.3, -0.25) is 9.36 Å². The van der Waals surface area contributed by atoms with E-state index in [0.717, 1.165) is 22.4 Å². The first-order chi connectivity index (χ1) is 17.9. The van der Waals surface area contributed by atoms with Gasteiger partial charge in [-0.15, -0.1) is 0 Å². The molecule has 3 aromatic carbocycles. The number of hydrogen-bond acceptors (Lipinski definition) is 4. The first-order valence-corrected chi connectivity index (χ1v) is 12.2. The first kappa shape index (κ1) is 24.1. The third-order valence-corrected chi connectivity index (χ3v) is 6.70. The van der Waals surface area contributed by atoms with Crippen LogP contribution in [0.4, 0.5) is 0 Å². The molecule has 0 fully saturated rings. The van der Waals surface area contributed by atoms with Gasteiger partial charge in [0.1, 0.15) is 17.0 Å². The molecule has 6 nitrogen and oxygen atoms in total. The van der Waals surface area contributed by atoms with E-state index in [9.17, 15) is 14.7 Å². The van der Waals surface area contributed by atoms with Crippen molar-refractivity contribution in [1.82, 2.24) is 9.13 Å². The molecule has 0 saturated carbocycles. The summed E-state index contributed by atoms with van der Waals surface area (Å²) in [4.78, 5) is 26.9. The van der Waals surface area contributed by atoms with Crippen molar-refractivity contribution in [2.45, 2.75) is 19.8 Å². The van der Waals surface area contributed by atoms with Crippen molar-refractivity contribution in [1.29, 1.82) is 0 Å². The summed E-state index contributed by atoms with van der Waals surface area (Å²) in [6, 6.07) is 26.4. The number of rotatable bonds is 6. The smallest absolute Gasteiger partial charge is 0.355 e. The lowest BCUT2D eigenvalue weighted by atomic mass is 9.84. The molecular formula is C31H28N2O4. The highest BCUT2D eigenvalue weighted by Gasteiger charge is 2.28. The minimum Gasteiger partial charge on any atom is -0.508 e. The summed E-state index contributed by atoms with van der Waals surface area (Å²) in [6.07, 6.45) is 1.80. The number of carbonyl (C=O) groups excluding carboxylic acids is 1. The van der Waals surface area contributed by atoms with Gasteiger partial charge in [0, 0.05) is 35.8 Å². The molecule has 0 aliphatic rings. The summed E-state index contributed by atoms with van der Waals surface area (Å²) < 4.78 is 8.66. The van der Waals surface area contributed by atoms with Crippen LogP contribution in [-0.2, 0) is 11.8 Å². The number of carbonyl (C=O) groups is 1. The quantitative estimate of drug-likeness (QED) is 0.309. The van der Waals surface area contributed by atoms with Crippen LogP contribution in [0.5, 0.6) is 5.75 Å². The monoisotopic (exact) mass is 492 g/mol. The highest BCUT2D eigenvalue weighted by Crippen LogP contribution is 2.40. The molecule has 37 heavy (non-hydrogen) atoms. The van der Waals surface area contributed by atoms with Crippen LogP contribution in [0.2, 0.25) is 0 Å². The van der Waals surface area contributed by atoms with Crippen molar-refractivity contribution in [2.24, 2.45) is 7.05 Å². The topological polar surface area (TPSA) is 73.5 Å². The van der Waals surface area contributed by atoms with Crippen LogP contribution in [0, 0.1) is 6.92 Å². The number of ether oxygens (including phenoxy) is 1. The van der Waals surface area contributed by atoms with Gasteiger partial charge in [-0.05, 0) is 48.7 Å². The zero-order valence-electron chi connectivity index (χ0n) is 21.0. The average Bonchev–Trinajstić information content (AvgIpc) is 3.30. The summed E-state index contributed by atoms with van der Waals surface area (Å²) in [5.74, 6) is -0.740. The summed E-state index contributed by atoms with van der Waals surface area (Å²) in [5, 5.41) is 11.5. The minimum absolute atomic E-state index is 0.155. The molecule has 0 aliphatic heterocycles. The Labute approximate surface area is 215 Å². The summed E-state index contributed by atoms with van der Waals surface area (Å²) in [5.41, 5.74) is 4.52. The molecule has 0 aliphatic carbocycles. The number of para-hydroxylation sites is 2. The van der Waals surface area contributed by atoms with Crippen molar-refractivity contribution >= 4 is 16.9 Å². The van der Waals surface area contributed by atoms with Gasteiger partial charge in [0.15, 0.2) is 0 Å². The fraction of sp³-hybridized carbons (Fsp3) is 0.161. The maximum absolute atomic E-state index is 13.7. The van der Waals surface area contributed by atoms with Crippen LogP contribution >= 0.6 is 0 Å². The normalized spacial score (nSPS) is 12.0. The Morgan fingerprint density at radius 3 is 2.32 bits per heavy atom. The van der Waals surface area contributed by atoms with Gasteiger partial charge in [0.2, 0.25) is 0 Å². The fourth-order valence-electron chi connectivity index (χ4n) is 5.00. The second-order valence-corrected chi connectivity index (χ2v) is 9.04. The highest BCUT2D eigenvalue weighted by atomic mass is 16.5. The lowest BCUT2D eigenvalue weighted by Crippen LogP contribution is -2.22. The summed E-state index contributed by atoms with van der Waals surface area (Å²) >= 11 is 0. The second kappa shape index (κ2) is 9.82. The molecule has 6 heteroatoms. The van der Waals surface area contributed by atoms with Gasteiger partial charge in [0.25, 0.3) is 5.56 Å². The summed E-state index contributed by atoms with van der Waals surface area (Å²) in [7, 11) is 1.71. The van der Waals surface area contributed by atoms with Gasteiger partial charge < -0.3 is 14.4 Å². The third-order valence-electron chi connectivity index (χ3n) is 6.70. The third kappa shape index (κ3) is 4.20. The number of phenolic OH excluding ortho intramolecular Hbond substituents is 1. The number of esters is 1. The first-order valence-electron chi connectivity index (χ1n) is 12.2. The molecule has 0 amide bonds. The lowest BCUT2D eigenvalue weighted by Gasteiger charge is -2.22. The van der Waals surface area contributed by atoms with Crippen LogP contribution in [-0.4, -0.2) is 26.8 Å². The molecule has 186 valence electrons. The molecular weight excluding hydrogens is 464 g/mol. The van der Waals surface area contributed by atoms with Crippen LogP contribution in [0.15, 0.2) is 95.9 Å². The molecule has 0 bridgehead atoms. The molecule has 5 aromatic rings. The van der Waals surface area contributed by atoms with E-state index < -0.39 is 5.97 Å². The molecule has 0 saturated heterocycles. The van der Waals surface area contributed by atoms with Gasteiger partial charge in [0.05, 0.1) is 6.61 Å². The van der Waals surface area contributed by atoms with E-state index >= 15 is 0 Å². The minimum atomic E-state index is -0.506. The van der Waals surface area contributed by atoms with Crippen LogP contribution < -0.4 is 5.56 Å². The predicted molar refractivity (Wildman–Crippen MR) is 145 cm³/mol. The average molecular weight is 493 g/mol. The van der Waals surface area contributed by atoms with Gasteiger partial charge in [-0.25, -0.2) is 4.79 Å². The van der Waals surface area contributed by atoms with Crippen molar-refractivity contribution in [2.75, 3.05) is 6.61 Å². The van der Waals surface area contributed by atoms with Crippen LogP contribution in [0.3, 0.4) is 0 Å². The van der Waals surface area contributed by atoms with E-state index in [1.54, 1.807) is 42.9 Å². The van der Waals surface area contributed by atoms with E-state index in [1.165, 1.54) is 4.57 Å². The number of nitrogens with zero attached hydrogens (tertiary/aromatic N) is 2. The second-order valence-electron chi connectivity index (χ2n) is 9.04. The van der Waals surface area contributed by atoms with Gasteiger partial charge in [-0.2, -0.15) is 0 Å². The molecule has 1 atom stereocenters.